The first-order chi connectivity index (χ1) is 9.65. The fourth-order valence-corrected chi connectivity index (χ4v) is 3.58. The molecule has 0 radical (unpaired) electrons. The molecule has 0 fully saturated rings. The maximum atomic E-state index is 11.7. The number of pyridine rings is 1. The van der Waals surface area contributed by atoms with Crippen LogP contribution in [0.5, 0.6) is 0 Å². The van der Waals surface area contributed by atoms with Crippen LogP contribution in [0.3, 0.4) is 0 Å². The van der Waals surface area contributed by atoms with Gasteiger partial charge in [0.25, 0.3) is 0 Å². The second-order valence-electron chi connectivity index (χ2n) is 4.19. The van der Waals surface area contributed by atoms with E-state index in [1.807, 2.05) is 22.9 Å². The lowest BCUT2D eigenvalue weighted by Gasteiger charge is -1.99. The van der Waals surface area contributed by atoms with Crippen LogP contribution in [0.2, 0.25) is 0 Å². The van der Waals surface area contributed by atoms with E-state index in [1.165, 1.54) is 11.3 Å². The van der Waals surface area contributed by atoms with Crippen LogP contribution in [-0.4, -0.2) is 21.8 Å². The minimum absolute atomic E-state index is 0.357. The maximum Gasteiger partial charge on any atom is 0.311 e. The Morgan fingerprint density at radius 3 is 2.90 bits per heavy atom. The van der Waals surface area contributed by atoms with Crippen LogP contribution < -0.4 is 0 Å². The molecule has 0 aliphatic heterocycles. The van der Waals surface area contributed by atoms with Gasteiger partial charge in [-0.2, -0.15) is 0 Å². The predicted octanol–water partition coefficient (Wildman–Crippen LogP) is 3.68. The topological polar surface area (TPSA) is 67.3 Å². The maximum absolute atomic E-state index is 11.7. The Kier molecular flexibility index (Phi) is 3.33. The van der Waals surface area contributed by atoms with E-state index in [-0.39, 0.29) is 5.78 Å². The molecular weight excluding hydrogens is 294 g/mol. The molecular formula is C14H9NO3S2. The molecule has 100 valence electrons. The van der Waals surface area contributed by atoms with Crippen molar-refractivity contribution in [3.05, 3.63) is 40.0 Å². The van der Waals surface area contributed by atoms with E-state index in [1.54, 1.807) is 23.6 Å². The van der Waals surface area contributed by atoms with Gasteiger partial charge in [0.05, 0.1) is 4.88 Å². The molecule has 3 aromatic heterocycles. The molecule has 3 aromatic rings. The summed E-state index contributed by atoms with van der Waals surface area (Å²) in [6.45, 7) is 0. The summed E-state index contributed by atoms with van der Waals surface area (Å²) in [7, 11) is 0. The van der Waals surface area contributed by atoms with Gasteiger partial charge in [0, 0.05) is 11.6 Å². The Balaban J connectivity index is 2.00. The minimum Gasteiger partial charge on any atom is -0.481 e. The summed E-state index contributed by atoms with van der Waals surface area (Å²) in [4.78, 5) is 28.0. The third-order valence-electron chi connectivity index (χ3n) is 2.87. The summed E-state index contributed by atoms with van der Waals surface area (Å²) in [5, 5.41) is 13.6. The van der Waals surface area contributed by atoms with E-state index >= 15 is 0 Å². The molecule has 0 bridgehead atoms. The summed E-state index contributed by atoms with van der Waals surface area (Å²) in [6.07, 6.45) is 1.27. The van der Waals surface area contributed by atoms with Crippen molar-refractivity contribution in [2.24, 2.45) is 0 Å². The highest BCUT2D eigenvalue weighted by molar-refractivity contribution is 7.16. The van der Waals surface area contributed by atoms with Crippen molar-refractivity contribution in [2.45, 2.75) is 6.42 Å². The molecule has 3 heterocycles. The quantitative estimate of drug-likeness (QED) is 0.589. The van der Waals surface area contributed by atoms with E-state index in [2.05, 4.69) is 4.98 Å². The van der Waals surface area contributed by atoms with Gasteiger partial charge in [-0.1, -0.05) is 0 Å². The van der Waals surface area contributed by atoms with Crippen molar-refractivity contribution in [1.29, 1.82) is 0 Å². The molecule has 6 heteroatoms. The van der Waals surface area contributed by atoms with Crippen LogP contribution in [0.1, 0.15) is 16.1 Å². The van der Waals surface area contributed by atoms with Crippen LogP contribution >= 0.6 is 22.7 Å². The van der Waals surface area contributed by atoms with E-state index in [4.69, 9.17) is 5.11 Å². The number of rotatable bonds is 4. The zero-order chi connectivity index (χ0) is 14.1. The number of carbonyl (C=O) groups excluding carboxylic acids is 1. The van der Waals surface area contributed by atoms with Gasteiger partial charge in [0.2, 0.25) is 0 Å². The smallest absolute Gasteiger partial charge is 0.311 e. The van der Waals surface area contributed by atoms with Crippen molar-refractivity contribution in [3.8, 4) is 11.1 Å². The van der Waals surface area contributed by atoms with Gasteiger partial charge in [-0.15, -0.1) is 22.7 Å². The number of nitrogens with zero attached hydrogens (tertiary/aromatic N) is 1. The summed E-state index contributed by atoms with van der Waals surface area (Å²) in [5.41, 5.74) is 1.94. The number of aliphatic carboxylic acids is 1. The lowest BCUT2D eigenvalue weighted by molar-refractivity contribution is -0.135. The van der Waals surface area contributed by atoms with Crippen molar-refractivity contribution in [3.63, 3.8) is 0 Å². The molecule has 0 saturated carbocycles. The van der Waals surface area contributed by atoms with Gasteiger partial charge >= 0.3 is 5.97 Å². The number of carbonyl (C=O) groups is 2. The third-order valence-corrected chi connectivity index (χ3v) is 4.66. The summed E-state index contributed by atoms with van der Waals surface area (Å²) in [5.74, 6) is -1.46. The second-order valence-corrected chi connectivity index (χ2v) is 6.00. The van der Waals surface area contributed by atoms with Crippen LogP contribution in [0, 0.1) is 0 Å². The van der Waals surface area contributed by atoms with E-state index in [0.29, 0.717) is 4.88 Å². The van der Waals surface area contributed by atoms with Crippen LogP contribution in [0.15, 0.2) is 35.2 Å². The molecule has 0 aromatic carbocycles. The third kappa shape index (κ3) is 2.35. The Morgan fingerprint density at radius 1 is 1.25 bits per heavy atom. The number of hydrogen-bond donors (Lipinski definition) is 1. The Hall–Kier alpha value is -2.05. The minimum atomic E-state index is -1.10. The van der Waals surface area contributed by atoms with E-state index in [9.17, 15) is 9.59 Å². The van der Waals surface area contributed by atoms with Crippen molar-refractivity contribution in [1.82, 2.24) is 4.98 Å². The molecule has 0 unspecified atom stereocenters. The normalized spacial score (nSPS) is 10.8. The highest BCUT2D eigenvalue weighted by Gasteiger charge is 2.14. The van der Waals surface area contributed by atoms with Gasteiger partial charge in [0.1, 0.15) is 11.3 Å². The first kappa shape index (κ1) is 13.0. The molecule has 0 spiro atoms. The number of fused-ring (bicyclic) bond motifs is 1. The van der Waals surface area contributed by atoms with E-state index in [0.717, 1.165) is 21.3 Å². The molecule has 20 heavy (non-hydrogen) atoms. The fourth-order valence-electron chi connectivity index (χ4n) is 1.98. The number of hydrogen-bond acceptors (Lipinski definition) is 5. The summed E-state index contributed by atoms with van der Waals surface area (Å²) < 4.78 is 0. The molecule has 4 nitrogen and oxygen atoms in total. The van der Waals surface area contributed by atoms with Crippen LogP contribution in [0.25, 0.3) is 21.3 Å². The van der Waals surface area contributed by atoms with Gasteiger partial charge in [-0.3, -0.25) is 9.59 Å². The lowest BCUT2D eigenvalue weighted by Crippen LogP contribution is -2.04. The number of ketones is 1. The number of carboxylic acids is 1. The first-order valence-electron chi connectivity index (χ1n) is 5.81. The molecule has 0 atom stereocenters. The Morgan fingerprint density at radius 2 is 2.10 bits per heavy atom. The van der Waals surface area contributed by atoms with Crippen molar-refractivity contribution in [2.75, 3.05) is 0 Å². The lowest BCUT2D eigenvalue weighted by atomic mass is 10.1. The SMILES string of the molecule is O=C(O)CC(=O)c1cc(-c2ccnc3sccc23)cs1. The zero-order valence-electron chi connectivity index (χ0n) is 10.2. The number of thiophene rings is 2. The second kappa shape index (κ2) is 5.15. The molecule has 3 rings (SSSR count). The van der Waals surface area contributed by atoms with Gasteiger partial charge < -0.3 is 5.11 Å². The van der Waals surface area contributed by atoms with E-state index < -0.39 is 12.4 Å². The number of aromatic nitrogens is 1. The molecule has 1 N–H and O–H groups in total. The fraction of sp³-hybridized carbons (Fsp3) is 0.0714. The van der Waals surface area contributed by atoms with Crippen molar-refractivity contribution < 1.29 is 14.7 Å². The average Bonchev–Trinajstić information content (AvgIpc) is 3.06. The predicted molar refractivity (Wildman–Crippen MR) is 79.5 cm³/mol. The number of carboxylic acid groups (broad SMARTS) is 1. The zero-order valence-corrected chi connectivity index (χ0v) is 11.8. The Bertz CT molecular complexity index is 803. The van der Waals surface area contributed by atoms with Gasteiger partial charge in [-0.05, 0) is 40.1 Å². The Labute approximate surface area is 122 Å². The highest BCUT2D eigenvalue weighted by atomic mass is 32.1. The molecule has 0 saturated heterocycles. The summed E-state index contributed by atoms with van der Waals surface area (Å²) in [6, 6.07) is 5.66. The van der Waals surface area contributed by atoms with Crippen molar-refractivity contribution >= 4 is 44.6 Å². The van der Waals surface area contributed by atoms with Crippen LogP contribution in [0.4, 0.5) is 0 Å². The largest absolute Gasteiger partial charge is 0.481 e. The summed E-state index contributed by atoms with van der Waals surface area (Å²) >= 11 is 2.84. The van der Waals surface area contributed by atoms with Gasteiger partial charge in [-0.25, -0.2) is 4.98 Å². The molecule has 0 aliphatic carbocycles. The standard InChI is InChI=1S/C14H9NO3S2/c16-11(6-13(17)18)12-5-8(7-20-12)9-1-3-15-14-10(9)2-4-19-14/h1-5,7H,6H2,(H,17,18). The van der Waals surface area contributed by atoms with Crippen LogP contribution in [-0.2, 0) is 4.79 Å². The first-order valence-corrected chi connectivity index (χ1v) is 7.57. The molecule has 0 amide bonds. The average molecular weight is 303 g/mol. The highest BCUT2D eigenvalue weighted by Crippen LogP contribution is 2.33. The number of Topliss-reactive ketones (excluding diaryl/α,β-unsaturated/α-hetero) is 1. The van der Waals surface area contributed by atoms with Gasteiger partial charge in [0.15, 0.2) is 5.78 Å². The monoisotopic (exact) mass is 303 g/mol. The molecule has 0 aliphatic rings.